The van der Waals surface area contributed by atoms with E-state index in [1.54, 1.807) is 0 Å². The lowest BCUT2D eigenvalue weighted by Crippen LogP contribution is -2.51. The van der Waals surface area contributed by atoms with Crippen LogP contribution in [0.5, 0.6) is 0 Å². The van der Waals surface area contributed by atoms with Gasteiger partial charge in [0, 0.05) is 45.4 Å². The summed E-state index contributed by atoms with van der Waals surface area (Å²) < 4.78 is 0. The van der Waals surface area contributed by atoms with Crippen molar-refractivity contribution in [1.82, 2.24) is 10.7 Å². The Morgan fingerprint density at radius 1 is 0.794 bits per heavy atom. The fraction of sp³-hybridized carbons (Fsp3) is 0.259. The second-order valence-corrected chi connectivity index (χ2v) is 10.1. The van der Waals surface area contributed by atoms with Gasteiger partial charge < -0.3 is 10.6 Å². The van der Waals surface area contributed by atoms with Gasteiger partial charge in [-0.1, -0.05) is 72.1 Å². The average Bonchev–Trinajstić information content (AvgIpc) is 2.85. The highest BCUT2D eigenvalue weighted by atomic mass is 35.5. The molecular weight excluding hydrogens is 483 g/mol. The number of anilines is 1. The van der Waals surface area contributed by atoms with Crippen LogP contribution in [0.3, 0.4) is 0 Å². The molecule has 2 aliphatic rings. The summed E-state index contributed by atoms with van der Waals surface area (Å²) in [6.07, 6.45) is 3.31. The molecule has 34 heavy (non-hydrogen) atoms. The Morgan fingerprint density at radius 3 is 1.85 bits per heavy atom. The molecule has 3 N–H and O–H groups in total. The highest BCUT2D eigenvalue weighted by Gasteiger charge is 2.45. The van der Waals surface area contributed by atoms with Gasteiger partial charge in [-0.15, -0.1) is 0 Å². The molecule has 3 aromatic carbocycles. The van der Waals surface area contributed by atoms with Crippen molar-refractivity contribution in [3.63, 3.8) is 0 Å². The van der Waals surface area contributed by atoms with E-state index in [0.717, 1.165) is 35.0 Å². The zero-order chi connectivity index (χ0) is 23.5. The third kappa shape index (κ3) is 5.13. The van der Waals surface area contributed by atoms with E-state index in [4.69, 9.17) is 40.5 Å². The molecule has 2 bridgehead atoms. The SMILES string of the molecule is S=C(NN=C1C2CCCC1C(c1ccc(Cl)cc1)NC2c1ccc(Cl)cc1)Nc1ccccc1. The minimum Gasteiger partial charge on any atom is -0.331 e. The maximum Gasteiger partial charge on any atom is 0.191 e. The molecule has 0 radical (unpaired) electrons. The number of fused-ring (bicyclic) bond motifs is 2. The second kappa shape index (κ2) is 10.4. The van der Waals surface area contributed by atoms with Crippen LogP contribution in [0.15, 0.2) is 84.0 Å². The van der Waals surface area contributed by atoms with Crippen LogP contribution in [0, 0.1) is 11.8 Å². The predicted octanol–water partition coefficient (Wildman–Crippen LogP) is 7.14. The number of benzene rings is 3. The van der Waals surface area contributed by atoms with Gasteiger partial charge in [-0.05, 0) is 72.6 Å². The van der Waals surface area contributed by atoms with Crippen LogP contribution in [0.4, 0.5) is 5.69 Å². The Bertz CT molecular complexity index is 1100. The summed E-state index contributed by atoms with van der Waals surface area (Å²) in [4.78, 5) is 0. The number of para-hydroxylation sites is 1. The quantitative estimate of drug-likeness (QED) is 0.259. The van der Waals surface area contributed by atoms with Gasteiger partial charge >= 0.3 is 0 Å². The van der Waals surface area contributed by atoms with Gasteiger partial charge in [-0.2, -0.15) is 5.10 Å². The van der Waals surface area contributed by atoms with E-state index < -0.39 is 0 Å². The number of thiocarbonyl (C=S) groups is 1. The van der Waals surface area contributed by atoms with E-state index in [9.17, 15) is 0 Å². The third-order valence-corrected chi connectivity index (χ3v) is 7.43. The van der Waals surface area contributed by atoms with Gasteiger partial charge in [-0.3, -0.25) is 5.43 Å². The Labute approximate surface area is 215 Å². The molecule has 1 aliphatic heterocycles. The number of piperidine rings is 1. The molecule has 5 rings (SSSR count). The lowest BCUT2D eigenvalue weighted by atomic mass is 9.67. The molecular formula is C27H26Cl2N4S. The van der Waals surface area contributed by atoms with E-state index in [1.807, 2.05) is 54.6 Å². The van der Waals surface area contributed by atoms with Gasteiger partial charge in [0.1, 0.15) is 0 Å². The first-order chi connectivity index (χ1) is 16.6. The minimum absolute atomic E-state index is 0.130. The van der Waals surface area contributed by atoms with Crippen molar-refractivity contribution >= 4 is 51.9 Å². The Kier molecular flexibility index (Phi) is 7.16. The van der Waals surface area contributed by atoms with Crippen molar-refractivity contribution in [1.29, 1.82) is 0 Å². The summed E-state index contributed by atoms with van der Waals surface area (Å²) in [6.45, 7) is 0. The summed E-state index contributed by atoms with van der Waals surface area (Å²) in [6, 6.07) is 26.4. The molecule has 7 heteroatoms. The number of hydrogen-bond acceptors (Lipinski definition) is 3. The van der Waals surface area contributed by atoms with Gasteiger partial charge in [0.15, 0.2) is 5.11 Å². The number of rotatable bonds is 4. The van der Waals surface area contributed by atoms with Crippen molar-refractivity contribution < 1.29 is 0 Å². The highest BCUT2D eigenvalue weighted by Crippen LogP contribution is 2.46. The van der Waals surface area contributed by atoms with Gasteiger partial charge in [-0.25, -0.2) is 0 Å². The van der Waals surface area contributed by atoms with Crippen molar-refractivity contribution in [3.05, 3.63) is 100 Å². The van der Waals surface area contributed by atoms with Crippen LogP contribution >= 0.6 is 35.4 Å². The topological polar surface area (TPSA) is 48.5 Å². The summed E-state index contributed by atoms with van der Waals surface area (Å²) in [5.74, 6) is 0.547. The van der Waals surface area contributed by atoms with Crippen LogP contribution in [-0.2, 0) is 0 Å². The Hall–Kier alpha value is -2.44. The standard InChI is InChI=1S/C27H26Cl2N4S/c28-19-13-9-17(10-14-19)24-22-7-4-8-23(25(31-24)18-11-15-20(29)16-12-18)26(22)32-33-27(34)30-21-5-2-1-3-6-21/h1-3,5-6,9-16,22-25,31H,4,7-8H2,(H2,30,33,34). The molecule has 2 fully saturated rings. The van der Waals surface area contributed by atoms with E-state index in [0.29, 0.717) is 5.11 Å². The third-order valence-electron chi connectivity index (χ3n) is 6.73. The molecule has 1 saturated heterocycles. The van der Waals surface area contributed by atoms with Gasteiger partial charge in [0.2, 0.25) is 0 Å². The zero-order valence-corrected chi connectivity index (χ0v) is 20.9. The largest absolute Gasteiger partial charge is 0.331 e. The lowest BCUT2D eigenvalue weighted by molar-refractivity contribution is 0.232. The van der Waals surface area contributed by atoms with Crippen molar-refractivity contribution in [2.75, 3.05) is 5.32 Å². The normalized spacial score (nSPS) is 23.8. The molecule has 4 atom stereocenters. The second-order valence-electron chi connectivity index (χ2n) is 8.84. The first-order valence-electron chi connectivity index (χ1n) is 11.5. The number of halogens is 2. The average molecular weight is 510 g/mol. The molecule has 1 aliphatic carbocycles. The first kappa shape index (κ1) is 23.3. The molecule has 3 aromatic rings. The molecule has 1 heterocycles. The number of hydrazone groups is 1. The van der Waals surface area contributed by atoms with E-state index in [-0.39, 0.29) is 23.9 Å². The highest BCUT2D eigenvalue weighted by molar-refractivity contribution is 7.80. The lowest BCUT2D eigenvalue weighted by Gasteiger charge is -2.47. The monoisotopic (exact) mass is 508 g/mol. The number of nitrogens with one attached hydrogen (secondary N) is 3. The molecule has 0 aromatic heterocycles. The summed E-state index contributed by atoms with van der Waals surface area (Å²) >= 11 is 17.9. The van der Waals surface area contributed by atoms with Gasteiger partial charge in [0.25, 0.3) is 0 Å². The molecule has 0 amide bonds. The first-order valence-corrected chi connectivity index (χ1v) is 12.7. The summed E-state index contributed by atoms with van der Waals surface area (Å²) in [7, 11) is 0. The maximum absolute atomic E-state index is 6.19. The molecule has 4 nitrogen and oxygen atoms in total. The molecule has 0 spiro atoms. The van der Waals surface area contributed by atoms with E-state index in [1.165, 1.54) is 16.8 Å². The van der Waals surface area contributed by atoms with Crippen LogP contribution in [0.25, 0.3) is 0 Å². The fourth-order valence-electron chi connectivity index (χ4n) is 5.19. The molecule has 1 saturated carbocycles. The fourth-order valence-corrected chi connectivity index (χ4v) is 5.60. The van der Waals surface area contributed by atoms with Crippen molar-refractivity contribution in [2.24, 2.45) is 16.9 Å². The molecule has 174 valence electrons. The summed E-state index contributed by atoms with van der Waals surface area (Å²) in [5.41, 5.74) is 7.66. The van der Waals surface area contributed by atoms with Crippen LogP contribution in [0.2, 0.25) is 10.0 Å². The smallest absolute Gasteiger partial charge is 0.191 e. The van der Waals surface area contributed by atoms with E-state index in [2.05, 4.69) is 40.3 Å². The van der Waals surface area contributed by atoms with Crippen LogP contribution < -0.4 is 16.1 Å². The number of nitrogens with zero attached hydrogens (tertiary/aromatic N) is 1. The van der Waals surface area contributed by atoms with E-state index >= 15 is 0 Å². The number of hydrogen-bond donors (Lipinski definition) is 3. The van der Waals surface area contributed by atoms with Crippen molar-refractivity contribution in [2.45, 2.75) is 31.3 Å². The minimum atomic E-state index is 0.130. The molecule has 4 unspecified atom stereocenters. The zero-order valence-electron chi connectivity index (χ0n) is 18.5. The van der Waals surface area contributed by atoms with Crippen LogP contribution in [-0.4, -0.2) is 10.8 Å². The van der Waals surface area contributed by atoms with Crippen LogP contribution in [0.1, 0.15) is 42.5 Å². The Balaban J connectivity index is 1.46. The summed E-state index contributed by atoms with van der Waals surface area (Å²) in [5, 5.41) is 14.0. The van der Waals surface area contributed by atoms with Crippen molar-refractivity contribution in [3.8, 4) is 0 Å². The Morgan fingerprint density at radius 2 is 1.32 bits per heavy atom. The maximum atomic E-state index is 6.19. The van der Waals surface area contributed by atoms with Gasteiger partial charge in [0.05, 0.1) is 0 Å². The predicted molar refractivity (Wildman–Crippen MR) is 146 cm³/mol.